The predicted octanol–water partition coefficient (Wildman–Crippen LogP) is 2.64. The number of fused-ring (bicyclic) bond motifs is 3. The van der Waals surface area contributed by atoms with E-state index < -0.39 is 0 Å². The lowest BCUT2D eigenvalue weighted by Gasteiger charge is -2.03. The van der Waals surface area contributed by atoms with Gasteiger partial charge < -0.3 is 5.73 Å². The lowest BCUT2D eigenvalue weighted by molar-refractivity contribution is 0.937. The van der Waals surface area contributed by atoms with Gasteiger partial charge in [0.2, 0.25) is 0 Å². The smallest absolute Gasteiger partial charge is 0.137 e. The van der Waals surface area contributed by atoms with Gasteiger partial charge in [0.25, 0.3) is 0 Å². The summed E-state index contributed by atoms with van der Waals surface area (Å²) in [6.45, 7) is 0.607. The van der Waals surface area contributed by atoms with E-state index in [9.17, 15) is 0 Å². The van der Waals surface area contributed by atoms with E-state index in [1.165, 1.54) is 0 Å². The van der Waals surface area contributed by atoms with E-state index in [2.05, 4.69) is 4.98 Å². The summed E-state index contributed by atoms with van der Waals surface area (Å²) in [5, 5.41) is 1.85. The highest BCUT2D eigenvalue weighted by Gasteiger charge is 2.06. The van der Waals surface area contributed by atoms with Crippen LogP contribution in [-0.2, 0) is 6.42 Å². The molecule has 0 aliphatic heterocycles. The van der Waals surface area contributed by atoms with Crippen LogP contribution in [0, 0.1) is 0 Å². The normalized spacial score (nSPS) is 11.4. The molecule has 3 rings (SSSR count). The van der Waals surface area contributed by atoms with Crippen LogP contribution < -0.4 is 5.73 Å². The molecule has 0 unspecified atom stereocenters. The van der Waals surface area contributed by atoms with Crippen LogP contribution in [0.5, 0.6) is 0 Å². The average molecular weight is 246 g/mol. The van der Waals surface area contributed by atoms with Crippen molar-refractivity contribution in [1.29, 1.82) is 0 Å². The average Bonchev–Trinajstić information content (AvgIpc) is 2.72. The van der Waals surface area contributed by atoms with Gasteiger partial charge in [-0.3, -0.25) is 4.40 Å². The second-order valence-corrected chi connectivity index (χ2v) is 4.42. The molecular weight excluding hydrogens is 234 g/mol. The number of aromatic nitrogens is 2. The summed E-state index contributed by atoms with van der Waals surface area (Å²) in [4.78, 5) is 4.52. The van der Waals surface area contributed by atoms with Crippen molar-refractivity contribution in [2.24, 2.45) is 5.73 Å². The van der Waals surface area contributed by atoms with E-state index in [1.54, 1.807) is 0 Å². The van der Waals surface area contributed by atoms with Crippen molar-refractivity contribution in [3.63, 3.8) is 0 Å². The molecule has 3 aromatic rings. The fourth-order valence-corrected chi connectivity index (χ4v) is 2.37. The largest absolute Gasteiger partial charge is 0.330 e. The van der Waals surface area contributed by atoms with Crippen LogP contribution in [0.2, 0.25) is 5.02 Å². The Morgan fingerprint density at radius 2 is 2.12 bits per heavy atom. The maximum Gasteiger partial charge on any atom is 0.137 e. The topological polar surface area (TPSA) is 43.3 Å². The highest BCUT2D eigenvalue weighted by Crippen LogP contribution is 2.24. The maximum absolute atomic E-state index is 6.25. The molecule has 0 bridgehead atoms. The lowest BCUT2D eigenvalue weighted by Crippen LogP contribution is -2.02. The van der Waals surface area contributed by atoms with Crippen molar-refractivity contribution >= 4 is 28.2 Å². The molecule has 0 saturated carbocycles. The SMILES string of the molecule is NCCc1cn2c(ccc3cccc(Cl)c32)n1. The van der Waals surface area contributed by atoms with Crippen LogP contribution in [0.3, 0.4) is 0 Å². The number of rotatable bonds is 2. The van der Waals surface area contributed by atoms with Gasteiger partial charge in [0.1, 0.15) is 5.65 Å². The molecule has 1 aromatic carbocycles. The molecular formula is C13H12ClN3. The first kappa shape index (κ1) is 10.6. The third-order valence-corrected chi connectivity index (χ3v) is 3.16. The minimum Gasteiger partial charge on any atom is -0.330 e. The highest BCUT2D eigenvalue weighted by molar-refractivity contribution is 6.35. The van der Waals surface area contributed by atoms with Gasteiger partial charge in [-0.05, 0) is 24.7 Å². The Labute approximate surface area is 104 Å². The number of para-hydroxylation sites is 1. The number of imidazole rings is 1. The first-order valence-electron chi connectivity index (χ1n) is 5.55. The Morgan fingerprint density at radius 1 is 1.24 bits per heavy atom. The number of pyridine rings is 1. The minimum atomic E-state index is 0.607. The van der Waals surface area contributed by atoms with Crippen LogP contribution in [0.1, 0.15) is 5.69 Å². The van der Waals surface area contributed by atoms with Crippen molar-refractivity contribution in [3.8, 4) is 0 Å². The van der Waals surface area contributed by atoms with E-state index in [0.29, 0.717) is 6.54 Å². The van der Waals surface area contributed by atoms with Gasteiger partial charge >= 0.3 is 0 Å². The molecule has 17 heavy (non-hydrogen) atoms. The molecule has 0 spiro atoms. The zero-order valence-corrected chi connectivity index (χ0v) is 9.98. The van der Waals surface area contributed by atoms with E-state index in [1.807, 2.05) is 40.9 Å². The first-order valence-corrected chi connectivity index (χ1v) is 5.92. The standard InChI is InChI=1S/C13H12ClN3/c14-11-3-1-2-9-4-5-12-16-10(6-7-15)8-17(12)13(9)11/h1-5,8H,6-7,15H2. The molecule has 0 saturated heterocycles. The van der Waals surface area contributed by atoms with Gasteiger partial charge in [0.05, 0.1) is 16.2 Å². The van der Waals surface area contributed by atoms with Gasteiger partial charge in [-0.25, -0.2) is 4.98 Å². The molecule has 0 amide bonds. The molecule has 3 nitrogen and oxygen atoms in total. The van der Waals surface area contributed by atoms with Gasteiger partial charge in [-0.15, -0.1) is 0 Å². The third-order valence-electron chi connectivity index (χ3n) is 2.85. The number of hydrogen-bond acceptors (Lipinski definition) is 2. The summed E-state index contributed by atoms with van der Waals surface area (Å²) in [5.74, 6) is 0. The Bertz CT molecular complexity index is 688. The summed E-state index contributed by atoms with van der Waals surface area (Å²) < 4.78 is 2.03. The highest BCUT2D eigenvalue weighted by atomic mass is 35.5. The van der Waals surface area contributed by atoms with Gasteiger partial charge in [-0.1, -0.05) is 23.7 Å². The zero-order chi connectivity index (χ0) is 11.8. The Hall–Kier alpha value is -1.58. The number of halogens is 1. The first-order chi connectivity index (χ1) is 8.29. The van der Waals surface area contributed by atoms with Crippen molar-refractivity contribution in [2.75, 3.05) is 6.54 Å². The van der Waals surface area contributed by atoms with Gasteiger partial charge in [-0.2, -0.15) is 0 Å². The van der Waals surface area contributed by atoms with E-state index in [0.717, 1.165) is 33.7 Å². The van der Waals surface area contributed by atoms with E-state index in [4.69, 9.17) is 17.3 Å². The molecule has 0 atom stereocenters. The monoisotopic (exact) mass is 245 g/mol. The van der Waals surface area contributed by atoms with Crippen LogP contribution in [0.25, 0.3) is 16.6 Å². The summed E-state index contributed by atoms with van der Waals surface area (Å²) >= 11 is 6.25. The lowest BCUT2D eigenvalue weighted by atomic mass is 10.2. The van der Waals surface area contributed by atoms with Crippen molar-refractivity contribution < 1.29 is 0 Å². The maximum atomic E-state index is 6.25. The fraction of sp³-hybridized carbons (Fsp3) is 0.154. The van der Waals surface area contributed by atoms with Crippen LogP contribution in [0.4, 0.5) is 0 Å². The second-order valence-electron chi connectivity index (χ2n) is 4.01. The minimum absolute atomic E-state index is 0.607. The zero-order valence-electron chi connectivity index (χ0n) is 9.23. The quantitative estimate of drug-likeness (QED) is 0.754. The Balaban J connectivity index is 2.37. The molecule has 0 radical (unpaired) electrons. The number of benzene rings is 1. The molecule has 2 aromatic heterocycles. The van der Waals surface area contributed by atoms with Gasteiger partial charge in [0.15, 0.2) is 0 Å². The molecule has 2 heterocycles. The molecule has 2 N–H and O–H groups in total. The Morgan fingerprint density at radius 3 is 2.94 bits per heavy atom. The van der Waals surface area contributed by atoms with Crippen LogP contribution >= 0.6 is 11.6 Å². The number of nitrogens with zero attached hydrogens (tertiary/aromatic N) is 2. The summed E-state index contributed by atoms with van der Waals surface area (Å²) in [6.07, 6.45) is 2.80. The third kappa shape index (κ3) is 1.68. The van der Waals surface area contributed by atoms with Crippen LogP contribution in [-0.4, -0.2) is 15.9 Å². The van der Waals surface area contributed by atoms with Crippen molar-refractivity contribution in [3.05, 3.63) is 47.2 Å². The molecule has 0 aliphatic carbocycles. The van der Waals surface area contributed by atoms with Crippen molar-refractivity contribution in [1.82, 2.24) is 9.38 Å². The van der Waals surface area contributed by atoms with Crippen LogP contribution in [0.15, 0.2) is 36.5 Å². The van der Waals surface area contributed by atoms with Gasteiger partial charge in [0, 0.05) is 18.0 Å². The molecule has 4 heteroatoms. The summed E-state index contributed by atoms with van der Waals surface area (Å²) in [5.41, 5.74) is 8.46. The molecule has 0 fully saturated rings. The van der Waals surface area contributed by atoms with Crippen molar-refractivity contribution in [2.45, 2.75) is 6.42 Å². The predicted molar refractivity (Wildman–Crippen MR) is 70.5 cm³/mol. The summed E-state index contributed by atoms with van der Waals surface area (Å²) in [7, 11) is 0. The fourth-order valence-electron chi connectivity index (χ4n) is 2.10. The molecule has 0 aliphatic rings. The Kier molecular flexibility index (Phi) is 2.50. The van der Waals surface area contributed by atoms with E-state index in [-0.39, 0.29) is 0 Å². The number of hydrogen-bond donors (Lipinski definition) is 1. The molecule has 86 valence electrons. The second kappa shape index (κ2) is 4.02. The van der Waals surface area contributed by atoms with E-state index >= 15 is 0 Å². The summed E-state index contributed by atoms with van der Waals surface area (Å²) in [6, 6.07) is 9.93. The number of nitrogens with two attached hydrogens (primary N) is 1.